The fourth-order valence-corrected chi connectivity index (χ4v) is 7.82. The van der Waals surface area contributed by atoms with Gasteiger partial charge in [-0.25, -0.2) is 0 Å². The molecule has 35 heavy (non-hydrogen) atoms. The summed E-state index contributed by atoms with van der Waals surface area (Å²) < 4.78 is 1.72. The second kappa shape index (κ2) is 8.73. The molecule has 5 aliphatic rings. The van der Waals surface area contributed by atoms with Crippen molar-refractivity contribution in [2.24, 2.45) is 24.8 Å². The van der Waals surface area contributed by atoms with Gasteiger partial charge in [-0.05, 0) is 81.7 Å². The van der Waals surface area contributed by atoms with Crippen molar-refractivity contribution in [3.05, 3.63) is 23.9 Å². The Balaban J connectivity index is 1.08. The fourth-order valence-electron chi connectivity index (χ4n) is 7.82. The third-order valence-corrected chi connectivity index (χ3v) is 8.86. The first-order chi connectivity index (χ1) is 16.9. The number of nitrogens with zero attached hydrogens (tertiary/aromatic N) is 2. The van der Waals surface area contributed by atoms with Crippen LogP contribution >= 0.6 is 0 Å². The number of para-hydroxylation sites is 1. The van der Waals surface area contributed by atoms with Crippen LogP contribution in [0.25, 0.3) is 10.9 Å². The maximum atomic E-state index is 12.8. The number of aromatic nitrogens is 2. The Bertz CT molecular complexity index is 1150. The molecule has 2 aromatic rings. The van der Waals surface area contributed by atoms with E-state index in [-0.39, 0.29) is 17.7 Å². The first kappa shape index (κ1) is 22.7. The molecule has 0 radical (unpaired) electrons. The summed E-state index contributed by atoms with van der Waals surface area (Å²) in [6.07, 6.45) is 10.3. The van der Waals surface area contributed by atoms with Crippen LogP contribution in [-0.4, -0.2) is 39.6 Å². The van der Waals surface area contributed by atoms with Crippen LogP contribution in [-0.2, 0) is 21.4 Å². The molecule has 186 valence electrons. The van der Waals surface area contributed by atoms with Crippen molar-refractivity contribution in [2.75, 3.05) is 11.9 Å². The van der Waals surface area contributed by atoms with Gasteiger partial charge in [-0.3, -0.25) is 24.4 Å². The summed E-state index contributed by atoms with van der Waals surface area (Å²) in [5.74, 6) is 1.75. The van der Waals surface area contributed by atoms with E-state index in [2.05, 4.69) is 21.0 Å². The Hall–Kier alpha value is -2.74. The number of hydrogen-bond donors (Lipinski definition) is 3. The molecule has 1 aromatic heterocycles. The Labute approximate surface area is 205 Å². The number of imide groups is 1. The molecule has 0 spiro atoms. The number of amides is 3. The minimum Gasteiger partial charge on any atom is -0.324 e. The lowest BCUT2D eigenvalue weighted by molar-refractivity contribution is -0.134. The molecule has 8 heteroatoms. The molecule has 1 saturated heterocycles. The predicted molar refractivity (Wildman–Crippen MR) is 133 cm³/mol. The maximum Gasteiger partial charge on any atom is 0.235 e. The molecular weight excluding hydrogens is 442 g/mol. The average molecular weight is 478 g/mol. The monoisotopic (exact) mass is 477 g/mol. The summed E-state index contributed by atoms with van der Waals surface area (Å²) >= 11 is 0. The highest BCUT2D eigenvalue weighted by Crippen LogP contribution is 2.55. The van der Waals surface area contributed by atoms with Crippen LogP contribution in [0.2, 0.25) is 0 Å². The second-order valence-electron chi connectivity index (χ2n) is 11.5. The molecule has 8 nitrogen and oxygen atoms in total. The number of fused-ring (bicyclic) bond motifs is 1. The summed E-state index contributed by atoms with van der Waals surface area (Å²) in [5, 5.41) is 14.8. The van der Waals surface area contributed by atoms with Gasteiger partial charge in [-0.2, -0.15) is 5.10 Å². The predicted octanol–water partition coefficient (Wildman–Crippen LogP) is 3.37. The maximum absolute atomic E-state index is 12.8. The molecule has 1 aliphatic heterocycles. The van der Waals surface area contributed by atoms with E-state index >= 15 is 0 Å². The van der Waals surface area contributed by atoms with Crippen LogP contribution < -0.4 is 16.0 Å². The molecule has 4 bridgehead atoms. The van der Waals surface area contributed by atoms with Crippen LogP contribution in [0.4, 0.5) is 5.69 Å². The molecule has 1 atom stereocenters. The number of benzene rings is 1. The number of nitrogens with one attached hydrogen (secondary N) is 3. The smallest absolute Gasteiger partial charge is 0.235 e. The second-order valence-corrected chi connectivity index (χ2v) is 11.5. The number of carbonyl (C=O) groups is 3. The lowest BCUT2D eigenvalue weighted by atomic mass is 9.53. The quantitative estimate of drug-likeness (QED) is 0.419. The van der Waals surface area contributed by atoms with Crippen molar-refractivity contribution >= 4 is 34.3 Å². The van der Waals surface area contributed by atoms with Gasteiger partial charge in [0.1, 0.15) is 0 Å². The van der Waals surface area contributed by atoms with Gasteiger partial charge in [-0.1, -0.05) is 12.1 Å². The van der Waals surface area contributed by atoms with E-state index in [1.54, 1.807) is 4.68 Å². The van der Waals surface area contributed by atoms with Gasteiger partial charge < -0.3 is 10.6 Å². The first-order valence-corrected chi connectivity index (χ1v) is 13.2. The molecule has 3 amide bonds. The van der Waals surface area contributed by atoms with E-state index in [1.807, 2.05) is 25.2 Å². The number of anilines is 1. The largest absolute Gasteiger partial charge is 0.324 e. The first-order valence-electron chi connectivity index (χ1n) is 13.2. The molecule has 7 rings (SSSR count). The summed E-state index contributed by atoms with van der Waals surface area (Å²) in [6.45, 7) is 0.884. The highest BCUT2D eigenvalue weighted by atomic mass is 16.2. The highest BCUT2D eigenvalue weighted by molar-refractivity contribution is 6.05. The third kappa shape index (κ3) is 4.26. The SMILES string of the molecule is Cn1nc(C2CCC(=O)NC2=O)c2cccc(NC(=O)CCCNC34CC5CC(CC(C5)C3)C4)c21. The minimum atomic E-state index is -0.460. The van der Waals surface area contributed by atoms with Gasteiger partial charge in [0.2, 0.25) is 17.7 Å². The zero-order valence-corrected chi connectivity index (χ0v) is 20.4. The van der Waals surface area contributed by atoms with Crippen molar-refractivity contribution in [2.45, 2.75) is 75.7 Å². The third-order valence-electron chi connectivity index (χ3n) is 8.86. The molecule has 1 unspecified atom stereocenters. The Morgan fingerprint density at radius 3 is 2.54 bits per heavy atom. The van der Waals surface area contributed by atoms with Gasteiger partial charge in [-0.15, -0.1) is 0 Å². The van der Waals surface area contributed by atoms with E-state index in [0.717, 1.165) is 41.6 Å². The van der Waals surface area contributed by atoms with Crippen molar-refractivity contribution in [3.8, 4) is 0 Å². The van der Waals surface area contributed by atoms with Crippen LogP contribution in [0.1, 0.15) is 75.8 Å². The summed E-state index contributed by atoms with van der Waals surface area (Å²) in [7, 11) is 1.82. The minimum absolute atomic E-state index is 0.00596. The van der Waals surface area contributed by atoms with Gasteiger partial charge in [0.25, 0.3) is 0 Å². The van der Waals surface area contributed by atoms with Gasteiger partial charge in [0.05, 0.1) is 22.8 Å². The summed E-state index contributed by atoms with van der Waals surface area (Å²) in [5.41, 5.74) is 2.49. The Kier molecular flexibility index (Phi) is 5.66. The summed E-state index contributed by atoms with van der Waals surface area (Å²) in [4.78, 5) is 36.8. The number of carbonyl (C=O) groups excluding carboxylic acids is 3. The zero-order valence-electron chi connectivity index (χ0n) is 20.4. The molecule has 1 aromatic carbocycles. The van der Waals surface area contributed by atoms with Gasteiger partial charge in [0.15, 0.2) is 0 Å². The molecule has 5 fully saturated rings. The molecule has 3 N–H and O–H groups in total. The van der Waals surface area contributed by atoms with Crippen molar-refractivity contribution < 1.29 is 14.4 Å². The Morgan fingerprint density at radius 1 is 1.14 bits per heavy atom. The Morgan fingerprint density at radius 2 is 1.86 bits per heavy atom. The van der Waals surface area contributed by atoms with Gasteiger partial charge in [0, 0.05) is 30.8 Å². The van der Waals surface area contributed by atoms with Gasteiger partial charge >= 0.3 is 0 Å². The standard InChI is InChI=1S/C27H35N5O3/c1-32-25-19(24(31-32)20-7-8-23(34)30-26(20)35)4-2-5-21(25)29-22(33)6-3-9-28-27-13-16-10-17(14-27)12-18(11-16)15-27/h2,4-5,16-18,20,28H,3,6-15H2,1H3,(H,29,33)(H,30,34,35). The van der Waals surface area contributed by atoms with E-state index in [4.69, 9.17) is 0 Å². The average Bonchev–Trinajstić information content (AvgIpc) is 3.13. The molecule has 4 aliphatic carbocycles. The number of piperidine rings is 1. The van der Waals surface area contributed by atoms with Crippen LogP contribution in [0.5, 0.6) is 0 Å². The number of hydrogen-bond acceptors (Lipinski definition) is 5. The highest BCUT2D eigenvalue weighted by Gasteiger charge is 2.50. The zero-order chi connectivity index (χ0) is 24.2. The number of aryl methyl sites for hydroxylation is 1. The lowest BCUT2D eigenvalue weighted by Gasteiger charge is -2.57. The van der Waals surface area contributed by atoms with E-state index in [1.165, 1.54) is 38.5 Å². The van der Waals surface area contributed by atoms with E-state index in [0.29, 0.717) is 36.2 Å². The van der Waals surface area contributed by atoms with Crippen LogP contribution in [0.3, 0.4) is 0 Å². The van der Waals surface area contributed by atoms with Crippen molar-refractivity contribution in [1.82, 2.24) is 20.4 Å². The molecular formula is C27H35N5O3. The molecule has 2 heterocycles. The summed E-state index contributed by atoms with van der Waals surface area (Å²) in [6, 6.07) is 5.68. The number of rotatable bonds is 7. The lowest BCUT2D eigenvalue weighted by Crippen LogP contribution is -2.58. The normalized spacial score (nSPS) is 31.7. The fraction of sp³-hybridized carbons (Fsp3) is 0.630. The van der Waals surface area contributed by atoms with Crippen LogP contribution in [0.15, 0.2) is 18.2 Å². The molecule has 4 saturated carbocycles. The van der Waals surface area contributed by atoms with Crippen molar-refractivity contribution in [3.63, 3.8) is 0 Å². The van der Waals surface area contributed by atoms with E-state index in [9.17, 15) is 14.4 Å². The van der Waals surface area contributed by atoms with Crippen molar-refractivity contribution in [1.29, 1.82) is 0 Å². The van der Waals surface area contributed by atoms with Crippen LogP contribution in [0, 0.1) is 17.8 Å². The topological polar surface area (TPSA) is 105 Å². The van der Waals surface area contributed by atoms with E-state index < -0.39 is 5.92 Å².